The van der Waals surface area contributed by atoms with Gasteiger partial charge in [-0.05, 0) is 25.1 Å². The van der Waals surface area contributed by atoms with Crippen LogP contribution in [-0.4, -0.2) is 20.9 Å². The second-order valence-electron chi connectivity index (χ2n) is 3.85. The Morgan fingerprint density at radius 2 is 2.33 bits per heavy atom. The van der Waals surface area contributed by atoms with Crippen LogP contribution < -0.4 is 5.32 Å². The highest BCUT2D eigenvalue weighted by molar-refractivity contribution is 7.15. The van der Waals surface area contributed by atoms with Crippen molar-refractivity contribution >= 4 is 33.4 Å². The van der Waals surface area contributed by atoms with Gasteiger partial charge in [-0.15, -0.1) is 11.3 Å². The largest absolute Gasteiger partial charge is 0.335 e. The van der Waals surface area contributed by atoms with E-state index in [2.05, 4.69) is 20.3 Å². The van der Waals surface area contributed by atoms with E-state index in [0.29, 0.717) is 16.5 Å². The quantitative estimate of drug-likeness (QED) is 0.742. The molecule has 3 rings (SSSR count). The molecule has 0 spiro atoms. The monoisotopic (exact) mass is 258 g/mol. The van der Waals surface area contributed by atoms with Crippen LogP contribution in [0.15, 0.2) is 30.6 Å². The van der Waals surface area contributed by atoms with Crippen LogP contribution in [0, 0.1) is 6.92 Å². The molecule has 1 amide bonds. The average Bonchev–Trinajstić information content (AvgIpc) is 2.95. The van der Waals surface area contributed by atoms with Gasteiger partial charge in [0.15, 0.2) is 5.13 Å². The highest BCUT2D eigenvalue weighted by atomic mass is 32.1. The number of anilines is 1. The Labute approximate surface area is 107 Å². The van der Waals surface area contributed by atoms with Crippen LogP contribution >= 0.6 is 11.3 Å². The summed E-state index contributed by atoms with van der Waals surface area (Å²) in [6.07, 6.45) is 3.41. The smallest absolute Gasteiger partial charge is 0.273 e. The van der Waals surface area contributed by atoms with Crippen LogP contribution in [0.4, 0.5) is 5.13 Å². The molecule has 3 aromatic heterocycles. The van der Waals surface area contributed by atoms with E-state index in [1.807, 2.05) is 19.1 Å². The normalized spacial score (nSPS) is 10.7. The maximum atomic E-state index is 12.0. The van der Waals surface area contributed by atoms with Crippen molar-refractivity contribution < 1.29 is 4.79 Å². The Hall–Kier alpha value is -2.21. The fourth-order valence-corrected chi connectivity index (χ4v) is 2.32. The zero-order chi connectivity index (χ0) is 12.5. The number of thiazole rings is 1. The Kier molecular flexibility index (Phi) is 2.56. The second kappa shape index (κ2) is 4.23. The number of aromatic nitrogens is 3. The van der Waals surface area contributed by atoms with Gasteiger partial charge in [-0.2, -0.15) is 0 Å². The van der Waals surface area contributed by atoms with Crippen LogP contribution in [0.2, 0.25) is 0 Å². The molecule has 0 radical (unpaired) electrons. The van der Waals surface area contributed by atoms with Crippen LogP contribution in [0.1, 0.15) is 15.4 Å². The molecule has 2 N–H and O–H groups in total. The molecule has 90 valence electrons. The topological polar surface area (TPSA) is 70.7 Å². The van der Waals surface area contributed by atoms with Gasteiger partial charge in [0, 0.05) is 22.7 Å². The first-order valence-electron chi connectivity index (χ1n) is 5.40. The molecule has 0 aliphatic rings. The molecule has 18 heavy (non-hydrogen) atoms. The molecule has 6 heteroatoms. The van der Waals surface area contributed by atoms with Crippen molar-refractivity contribution in [3.05, 3.63) is 41.2 Å². The number of H-pyrrole nitrogens is 1. The van der Waals surface area contributed by atoms with E-state index in [1.165, 1.54) is 11.3 Å². The van der Waals surface area contributed by atoms with E-state index in [1.54, 1.807) is 18.5 Å². The van der Waals surface area contributed by atoms with E-state index in [0.717, 1.165) is 10.3 Å². The molecule has 0 unspecified atom stereocenters. The third kappa shape index (κ3) is 1.98. The molecule has 0 fully saturated rings. The summed E-state index contributed by atoms with van der Waals surface area (Å²) in [7, 11) is 0. The van der Waals surface area contributed by atoms with Crippen molar-refractivity contribution in [2.24, 2.45) is 0 Å². The number of hydrogen-bond acceptors (Lipinski definition) is 4. The summed E-state index contributed by atoms with van der Waals surface area (Å²) in [4.78, 5) is 24.3. The standard InChI is InChI=1S/C12H10N4OS/c1-7-6-14-12(18-7)16-11(17)9-5-8-3-2-4-13-10(8)15-9/h2-6H,1H3,(H,13,15)(H,14,16,17). The SMILES string of the molecule is Cc1cnc(NC(=O)c2cc3cccnc3[nH]2)s1. The van der Waals surface area contributed by atoms with Crippen molar-refractivity contribution in [3.8, 4) is 0 Å². The lowest BCUT2D eigenvalue weighted by molar-refractivity contribution is 0.102. The number of rotatable bonds is 2. The predicted octanol–water partition coefficient (Wildman–Crippen LogP) is 2.58. The number of nitrogens with zero attached hydrogens (tertiary/aromatic N) is 2. The fourth-order valence-electron chi connectivity index (χ4n) is 1.66. The van der Waals surface area contributed by atoms with Crippen molar-refractivity contribution in [1.29, 1.82) is 0 Å². The number of hydrogen-bond donors (Lipinski definition) is 2. The highest BCUT2D eigenvalue weighted by Crippen LogP contribution is 2.18. The summed E-state index contributed by atoms with van der Waals surface area (Å²) in [5.74, 6) is -0.206. The minimum Gasteiger partial charge on any atom is -0.335 e. The third-order valence-corrected chi connectivity index (χ3v) is 3.31. The summed E-state index contributed by atoms with van der Waals surface area (Å²) < 4.78 is 0. The van der Waals surface area contributed by atoms with Gasteiger partial charge in [0.25, 0.3) is 5.91 Å². The van der Waals surface area contributed by atoms with Gasteiger partial charge in [-0.25, -0.2) is 9.97 Å². The predicted molar refractivity (Wildman–Crippen MR) is 70.9 cm³/mol. The number of nitrogens with one attached hydrogen (secondary N) is 2. The summed E-state index contributed by atoms with van der Waals surface area (Å²) in [5.41, 5.74) is 1.19. The molecule has 0 aromatic carbocycles. The van der Waals surface area contributed by atoms with Crippen molar-refractivity contribution in [1.82, 2.24) is 15.0 Å². The molecule has 0 bridgehead atoms. The van der Waals surface area contributed by atoms with Crippen molar-refractivity contribution in [2.75, 3.05) is 5.32 Å². The zero-order valence-corrected chi connectivity index (χ0v) is 10.4. The van der Waals surface area contributed by atoms with Gasteiger partial charge in [0.1, 0.15) is 11.3 Å². The Morgan fingerprint density at radius 1 is 1.44 bits per heavy atom. The maximum Gasteiger partial charge on any atom is 0.273 e. The molecule has 3 heterocycles. The van der Waals surface area contributed by atoms with E-state index in [4.69, 9.17) is 0 Å². The molecule has 0 aliphatic heterocycles. The fraction of sp³-hybridized carbons (Fsp3) is 0.0833. The lowest BCUT2D eigenvalue weighted by atomic mass is 10.3. The molecule has 0 atom stereocenters. The van der Waals surface area contributed by atoms with Gasteiger partial charge in [-0.1, -0.05) is 0 Å². The first-order valence-corrected chi connectivity index (χ1v) is 6.21. The van der Waals surface area contributed by atoms with Crippen LogP contribution in [-0.2, 0) is 0 Å². The average molecular weight is 258 g/mol. The van der Waals surface area contributed by atoms with Gasteiger partial charge >= 0.3 is 0 Å². The Bertz CT molecular complexity index is 683. The highest BCUT2D eigenvalue weighted by Gasteiger charge is 2.11. The molecular formula is C12H10N4OS. The number of aromatic amines is 1. The van der Waals surface area contributed by atoms with E-state index >= 15 is 0 Å². The van der Waals surface area contributed by atoms with Crippen molar-refractivity contribution in [2.45, 2.75) is 6.92 Å². The van der Waals surface area contributed by atoms with Crippen LogP contribution in [0.3, 0.4) is 0 Å². The maximum absolute atomic E-state index is 12.0. The van der Waals surface area contributed by atoms with E-state index in [9.17, 15) is 4.79 Å². The number of amides is 1. The van der Waals surface area contributed by atoms with Gasteiger partial charge < -0.3 is 4.98 Å². The minimum atomic E-state index is -0.206. The number of aryl methyl sites for hydroxylation is 1. The summed E-state index contributed by atoms with van der Waals surface area (Å²) in [6, 6.07) is 5.52. The first-order chi connectivity index (χ1) is 8.72. The first kappa shape index (κ1) is 10.9. The van der Waals surface area contributed by atoms with Gasteiger partial charge in [0.05, 0.1) is 0 Å². The molecule has 0 saturated heterocycles. The summed E-state index contributed by atoms with van der Waals surface area (Å²) in [5, 5.41) is 4.27. The molecule has 0 saturated carbocycles. The van der Waals surface area contributed by atoms with Gasteiger partial charge in [-0.3, -0.25) is 10.1 Å². The summed E-state index contributed by atoms with van der Waals surface area (Å²) in [6.45, 7) is 1.94. The number of carbonyl (C=O) groups excluding carboxylic acids is 1. The second-order valence-corrected chi connectivity index (χ2v) is 5.09. The lowest BCUT2D eigenvalue weighted by Gasteiger charge is -1.97. The Balaban J connectivity index is 1.87. The zero-order valence-electron chi connectivity index (χ0n) is 9.60. The number of fused-ring (bicyclic) bond motifs is 1. The van der Waals surface area contributed by atoms with Crippen LogP contribution in [0.25, 0.3) is 11.0 Å². The molecule has 0 aliphatic carbocycles. The van der Waals surface area contributed by atoms with E-state index < -0.39 is 0 Å². The van der Waals surface area contributed by atoms with Crippen molar-refractivity contribution in [3.63, 3.8) is 0 Å². The van der Waals surface area contributed by atoms with Crippen LogP contribution in [0.5, 0.6) is 0 Å². The van der Waals surface area contributed by atoms with E-state index in [-0.39, 0.29) is 5.91 Å². The van der Waals surface area contributed by atoms with Gasteiger partial charge in [0.2, 0.25) is 0 Å². The Morgan fingerprint density at radius 3 is 3.06 bits per heavy atom. The minimum absolute atomic E-state index is 0.206. The molecule has 3 aromatic rings. The number of carbonyl (C=O) groups is 1. The number of pyridine rings is 1. The molecule has 5 nitrogen and oxygen atoms in total. The lowest BCUT2D eigenvalue weighted by Crippen LogP contribution is -2.11. The third-order valence-electron chi connectivity index (χ3n) is 2.48. The molecular weight excluding hydrogens is 248 g/mol. The summed E-state index contributed by atoms with van der Waals surface area (Å²) >= 11 is 1.45.